The fraction of sp³-hybridized carbons (Fsp3) is 0.190. The first kappa shape index (κ1) is 20.6. The molecule has 0 amide bonds. The highest BCUT2D eigenvalue weighted by Gasteiger charge is 2.08. The van der Waals surface area contributed by atoms with Gasteiger partial charge in [-0.25, -0.2) is 9.37 Å². The smallest absolute Gasteiger partial charge is 0.213 e. The molecule has 1 N–H and O–H groups in total. The number of rotatable bonds is 9. The topological polar surface area (TPSA) is 90.9 Å². The van der Waals surface area contributed by atoms with E-state index in [1.54, 1.807) is 36.4 Å². The molecular formula is C21H19FN3O3S-. The van der Waals surface area contributed by atoms with Gasteiger partial charge in [0.05, 0.1) is 5.97 Å². The number of halogens is 1. The summed E-state index contributed by atoms with van der Waals surface area (Å²) >= 11 is 0.935. The van der Waals surface area contributed by atoms with Crippen LogP contribution in [-0.4, -0.2) is 21.2 Å². The zero-order chi connectivity index (χ0) is 20.6. The summed E-state index contributed by atoms with van der Waals surface area (Å²) in [5, 5.41) is 18.6. The molecule has 1 heterocycles. The van der Waals surface area contributed by atoms with Gasteiger partial charge in [0.15, 0.2) is 0 Å². The van der Waals surface area contributed by atoms with E-state index in [2.05, 4.69) is 15.2 Å². The minimum absolute atomic E-state index is 0.00651. The summed E-state index contributed by atoms with van der Waals surface area (Å²) in [5.41, 5.74) is 1.52. The Bertz CT molecular complexity index is 985. The number of carbonyl (C=O) groups excluding carboxylic acids is 1. The van der Waals surface area contributed by atoms with E-state index in [1.807, 2.05) is 6.92 Å². The first-order valence-corrected chi connectivity index (χ1v) is 9.84. The van der Waals surface area contributed by atoms with Crippen LogP contribution in [0.3, 0.4) is 0 Å². The molecule has 0 radical (unpaired) electrons. The molecule has 3 aromatic rings. The number of aliphatic carboxylic acids is 1. The van der Waals surface area contributed by atoms with E-state index in [4.69, 9.17) is 4.74 Å². The highest BCUT2D eigenvalue weighted by atomic mass is 32.2. The highest BCUT2D eigenvalue weighted by Crippen LogP contribution is 2.26. The molecule has 6 nitrogen and oxygen atoms in total. The molecule has 0 atom stereocenters. The second-order valence-corrected chi connectivity index (χ2v) is 7.21. The number of aryl methyl sites for hydroxylation is 1. The summed E-state index contributed by atoms with van der Waals surface area (Å²) in [7, 11) is 0. The summed E-state index contributed by atoms with van der Waals surface area (Å²) in [6, 6.07) is 13.0. The Hall–Kier alpha value is -3.13. The van der Waals surface area contributed by atoms with E-state index in [9.17, 15) is 14.3 Å². The van der Waals surface area contributed by atoms with Crippen molar-refractivity contribution in [3.05, 3.63) is 76.2 Å². The van der Waals surface area contributed by atoms with Crippen molar-refractivity contribution in [2.24, 2.45) is 0 Å². The number of nitrogens with one attached hydrogen (secondary N) is 1. The Balaban J connectivity index is 1.64. The summed E-state index contributed by atoms with van der Waals surface area (Å²) < 4.78 is 18.6. The van der Waals surface area contributed by atoms with Crippen LogP contribution in [0.25, 0.3) is 6.08 Å². The third-order valence-corrected chi connectivity index (χ3v) is 4.77. The van der Waals surface area contributed by atoms with Gasteiger partial charge in [0, 0.05) is 11.3 Å². The molecule has 0 aliphatic rings. The standard InChI is InChI=1S/C21H20FN3O3S/c1-2-3-19-23-21(25-24-19)29-18(20(26)27)12-14-6-10-17(11-7-14)28-13-15-4-8-16(22)9-5-15/h4-12H,2-3,13H2,1H3,(H,26,27)(H,23,24,25)/p-1/b18-12-. The number of benzene rings is 2. The second kappa shape index (κ2) is 9.88. The Labute approximate surface area is 171 Å². The summed E-state index contributed by atoms with van der Waals surface area (Å²) in [5.74, 6) is -0.255. The van der Waals surface area contributed by atoms with Gasteiger partial charge in [-0.05, 0) is 59.7 Å². The number of thioether (sulfide) groups is 1. The Morgan fingerprint density at radius 1 is 1.21 bits per heavy atom. The molecule has 150 valence electrons. The first-order valence-electron chi connectivity index (χ1n) is 9.03. The van der Waals surface area contributed by atoms with Gasteiger partial charge >= 0.3 is 0 Å². The number of aromatic amines is 1. The van der Waals surface area contributed by atoms with E-state index in [-0.39, 0.29) is 10.7 Å². The van der Waals surface area contributed by atoms with E-state index in [0.29, 0.717) is 23.1 Å². The molecular weight excluding hydrogens is 393 g/mol. The number of H-pyrrole nitrogens is 1. The fourth-order valence-electron chi connectivity index (χ4n) is 2.46. The minimum atomic E-state index is -1.30. The van der Waals surface area contributed by atoms with Gasteiger partial charge in [0.1, 0.15) is 24.0 Å². The van der Waals surface area contributed by atoms with Crippen LogP contribution in [0, 0.1) is 5.82 Å². The predicted octanol–water partition coefficient (Wildman–Crippen LogP) is 3.36. The second-order valence-electron chi connectivity index (χ2n) is 6.20. The number of hydrogen-bond acceptors (Lipinski definition) is 6. The zero-order valence-electron chi connectivity index (χ0n) is 15.7. The number of ether oxygens (including phenoxy) is 1. The maximum atomic E-state index is 12.9. The molecule has 29 heavy (non-hydrogen) atoms. The van der Waals surface area contributed by atoms with Crippen molar-refractivity contribution in [3.63, 3.8) is 0 Å². The van der Waals surface area contributed by atoms with E-state index in [0.717, 1.165) is 36.0 Å². The van der Waals surface area contributed by atoms with Crippen molar-refractivity contribution in [3.8, 4) is 5.75 Å². The molecule has 3 rings (SSSR count). The Kier molecular flexibility index (Phi) is 7.02. The number of carbonyl (C=O) groups is 1. The molecule has 2 aromatic carbocycles. The van der Waals surface area contributed by atoms with Crippen LogP contribution in [-0.2, 0) is 17.8 Å². The molecule has 0 saturated carbocycles. The van der Waals surface area contributed by atoms with E-state index >= 15 is 0 Å². The number of carboxylic acids is 1. The van der Waals surface area contributed by atoms with Gasteiger partial charge in [0.25, 0.3) is 0 Å². The number of hydrogen-bond donors (Lipinski definition) is 1. The predicted molar refractivity (Wildman–Crippen MR) is 106 cm³/mol. The number of carboxylic acid groups (broad SMARTS) is 1. The maximum absolute atomic E-state index is 12.9. The van der Waals surface area contributed by atoms with Crippen LogP contribution < -0.4 is 9.84 Å². The van der Waals surface area contributed by atoms with E-state index < -0.39 is 5.97 Å². The quantitative estimate of drug-likeness (QED) is 0.428. The van der Waals surface area contributed by atoms with Gasteiger partial charge in [-0.2, -0.15) is 0 Å². The Morgan fingerprint density at radius 2 is 1.93 bits per heavy atom. The average Bonchev–Trinajstić information content (AvgIpc) is 3.15. The molecule has 0 aliphatic heterocycles. The van der Waals surface area contributed by atoms with Crippen molar-refractivity contribution in [2.45, 2.75) is 31.5 Å². The lowest BCUT2D eigenvalue weighted by atomic mass is 10.2. The molecule has 1 aromatic heterocycles. The summed E-state index contributed by atoms with van der Waals surface area (Å²) in [6.45, 7) is 2.33. The fourth-order valence-corrected chi connectivity index (χ4v) is 3.18. The van der Waals surface area contributed by atoms with Gasteiger partial charge in [-0.3, -0.25) is 5.10 Å². The van der Waals surface area contributed by atoms with Crippen LogP contribution in [0.5, 0.6) is 5.75 Å². The van der Waals surface area contributed by atoms with Crippen LogP contribution in [0.15, 0.2) is 58.6 Å². The summed E-state index contributed by atoms with van der Waals surface area (Å²) in [6.07, 6.45) is 3.16. The van der Waals surface area contributed by atoms with Crippen molar-refractivity contribution < 1.29 is 19.0 Å². The van der Waals surface area contributed by atoms with Gasteiger partial charge in [-0.15, -0.1) is 5.10 Å². The monoisotopic (exact) mass is 412 g/mol. The maximum Gasteiger partial charge on any atom is 0.213 e. The van der Waals surface area contributed by atoms with Crippen LogP contribution in [0.1, 0.15) is 30.3 Å². The Morgan fingerprint density at radius 3 is 2.59 bits per heavy atom. The number of nitrogens with zero attached hydrogens (tertiary/aromatic N) is 2. The molecule has 8 heteroatoms. The zero-order valence-corrected chi connectivity index (χ0v) is 16.5. The molecule has 0 unspecified atom stereocenters. The minimum Gasteiger partial charge on any atom is -0.544 e. The lowest BCUT2D eigenvalue weighted by Gasteiger charge is -2.08. The highest BCUT2D eigenvalue weighted by molar-refractivity contribution is 8.04. The SMILES string of the molecule is CCCc1nc(S/C(=C\c2ccc(OCc3ccc(F)cc3)cc2)C(=O)[O-])n[nH]1. The van der Waals surface area contributed by atoms with Crippen LogP contribution in [0.2, 0.25) is 0 Å². The summed E-state index contributed by atoms with van der Waals surface area (Å²) in [4.78, 5) is 15.7. The van der Waals surface area contributed by atoms with Gasteiger partial charge in [-0.1, -0.05) is 31.2 Å². The largest absolute Gasteiger partial charge is 0.544 e. The first-order chi connectivity index (χ1) is 14.0. The molecule has 0 saturated heterocycles. The lowest BCUT2D eigenvalue weighted by Crippen LogP contribution is -2.23. The van der Waals surface area contributed by atoms with Crippen molar-refractivity contribution in [1.29, 1.82) is 0 Å². The number of aromatic nitrogens is 3. The van der Waals surface area contributed by atoms with Crippen molar-refractivity contribution in [1.82, 2.24) is 15.2 Å². The third-order valence-electron chi connectivity index (χ3n) is 3.90. The van der Waals surface area contributed by atoms with Gasteiger partial charge in [0.2, 0.25) is 5.16 Å². The lowest BCUT2D eigenvalue weighted by molar-refractivity contribution is -0.298. The van der Waals surface area contributed by atoms with Crippen LogP contribution in [0.4, 0.5) is 4.39 Å². The third kappa shape index (κ3) is 6.18. The molecule has 0 fully saturated rings. The van der Waals surface area contributed by atoms with Crippen molar-refractivity contribution >= 4 is 23.8 Å². The molecule has 0 aliphatic carbocycles. The van der Waals surface area contributed by atoms with Crippen molar-refractivity contribution in [2.75, 3.05) is 0 Å². The van der Waals surface area contributed by atoms with Gasteiger partial charge < -0.3 is 14.6 Å². The van der Waals surface area contributed by atoms with E-state index in [1.165, 1.54) is 18.2 Å². The normalized spacial score (nSPS) is 11.4. The average molecular weight is 412 g/mol. The van der Waals surface area contributed by atoms with Crippen LogP contribution >= 0.6 is 11.8 Å². The molecule has 0 bridgehead atoms. The molecule has 0 spiro atoms.